The van der Waals surface area contributed by atoms with E-state index in [0.29, 0.717) is 0 Å². The fraction of sp³-hybridized carbons (Fsp3) is 0.600. The molecular formula is C10H18N3Na2O13P3. The van der Waals surface area contributed by atoms with Gasteiger partial charge in [0, 0.05) is 65.3 Å². The zero-order chi connectivity index (χ0) is 22.2. The minimum absolute atomic E-state index is 0. The second kappa shape index (κ2) is 12.1. The summed E-state index contributed by atoms with van der Waals surface area (Å²) in [6, 6.07) is 1.21. The van der Waals surface area contributed by atoms with Gasteiger partial charge in [-0.3, -0.25) is 18.2 Å². The minimum Gasteiger partial charge on any atom is -0.387 e. The van der Waals surface area contributed by atoms with Crippen LogP contribution in [0.4, 0.5) is 5.82 Å². The van der Waals surface area contributed by atoms with Crippen molar-refractivity contribution in [2.24, 2.45) is 0 Å². The Morgan fingerprint density at radius 1 is 1.13 bits per heavy atom. The van der Waals surface area contributed by atoms with Gasteiger partial charge in [0.15, 0.2) is 12.1 Å². The Bertz CT molecular complexity index is 957. The fourth-order valence-electron chi connectivity index (χ4n) is 2.33. The largest absolute Gasteiger partial charge is 0.479 e. The van der Waals surface area contributed by atoms with Gasteiger partial charge >= 0.3 is 28.7 Å². The molecule has 1 aromatic heterocycles. The SMILES string of the molecule is Nc1ccn([C@H]2O[C@@H](COP(=O)(O)OP(=O)(O)CP(=O)(O)O)[C@@H](O)C2O)c(=O)n1.[Na].[Na]. The smallest absolute Gasteiger partial charge is 0.387 e. The molecule has 0 amide bonds. The van der Waals surface area contributed by atoms with Crippen LogP contribution in [0.3, 0.4) is 0 Å². The quantitative estimate of drug-likeness (QED) is 0.132. The second-order valence-electron chi connectivity index (χ2n) is 5.88. The van der Waals surface area contributed by atoms with E-state index in [4.69, 9.17) is 20.3 Å². The van der Waals surface area contributed by atoms with E-state index in [1.54, 1.807) is 0 Å². The fourth-order valence-corrected chi connectivity index (χ4v) is 6.67. The Balaban J connectivity index is 0.00000450. The molecule has 3 unspecified atom stereocenters. The summed E-state index contributed by atoms with van der Waals surface area (Å²) in [7, 11) is -15.6. The molecule has 1 aliphatic rings. The number of ether oxygens (including phenoxy) is 1. The average Bonchev–Trinajstić information content (AvgIpc) is 2.78. The van der Waals surface area contributed by atoms with E-state index in [0.717, 1.165) is 10.8 Å². The van der Waals surface area contributed by atoms with Gasteiger partial charge in [-0.15, -0.1) is 0 Å². The molecule has 1 saturated heterocycles. The van der Waals surface area contributed by atoms with Gasteiger partial charge in [-0.1, -0.05) is 0 Å². The molecule has 0 spiro atoms. The Kier molecular flexibility index (Phi) is 12.5. The molecule has 2 heterocycles. The number of nitrogens with two attached hydrogens (primary N) is 1. The van der Waals surface area contributed by atoms with Crippen molar-refractivity contribution < 1.29 is 57.1 Å². The summed E-state index contributed by atoms with van der Waals surface area (Å²) in [6.07, 6.45) is -5.25. The first-order chi connectivity index (χ1) is 13.1. The minimum atomic E-state index is -5.33. The predicted octanol–water partition coefficient (Wildman–Crippen LogP) is -2.86. The summed E-state index contributed by atoms with van der Waals surface area (Å²) < 4.78 is 48.3. The van der Waals surface area contributed by atoms with Crippen LogP contribution in [0.2, 0.25) is 0 Å². The molecule has 1 aliphatic heterocycles. The maximum atomic E-state index is 11.8. The van der Waals surface area contributed by atoms with Gasteiger partial charge < -0.3 is 40.3 Å². The van der Waals surface area contributed by atoms with Gasteiger partial charge in [-0.25, -0.2) is 13.7 Å². The number of rotatable bonds is 8. The number of phosphoric acid groups is 1. The van der Waals surface area contributed by atoms with E-state index in [2.05, 4.69) is 13.8 Å². The number of nitrogen functional groups attached to an aromatic ring is 1. The predicted molar refractivity (Wildman–Crippen MR) is 104 cm³/mol. The second-order valence-corrected chi connectivity index (χ2v) is 11.5. The number of phosphoric ester groups is 1. The third kappa shape index (κ3) is 9.65. The summed E-state index contributed by atoms with van der Waals surface area (Å²) in [5.41, 5.74) is 4.42. The maximum Gasteiger partial charge on any atom is 0.479 e. The van der Waals surface area contributed by atoms with E-state index in [1.165, 1.54) is 6.07 Å². The molecule has 16 nitrogen and oxygen atoms in total. The Morgan fingerprint density at radius 3 is 2.23 bits per heavy atom. The summed E-state index contributed by atoms with van der Waals surface area (Å²) >= 11 is 0. The van der Waals surface area contributed by atoms with Crippen LogP contribution in [0.15, 0.2) is 17.1 Å². The van der Waals surface area contributed by atoms with Crippen LogP contribution in [0, 0.1) is 0 Å². The molecule has 31 heavy (non-hydrogen) atoms. The third-order valence-corrected chi connectivity index (χ3v) is 8.68. The monoisotopic (exact) mass is 527 g/mol. The van der Waals surface area contributed by atoms with Crippen molar-refractivity contribution in [2.45, 2.75) is 24.5 Å². The van der Waals surface area contributed by atoms with Gasteiger partial charge in [-0.05, 0) is 6.07 Å². The van der Waals surface area contributed by atoms with E-state index in [-0.39, 0.29) is 64.9 Å². The number of nitrogens with zero attached hydrogens (tertiary/aromatic N) is 2. The first kappa shape index (κ1) is 32.0. The Morgan fingerprint density at radius 2 is 1.71 bits per heavy atom. The van der Waals surface area contributed by atoms with Crippen LogP contribution in [0.1, 0.15) is 6.23 Å². The topological polar surface area (TPSA) is 261 Å². The van der Waals surface area contributed by atoms with Crippen LogP contribution < -0.4 is 11.4 Å². The molecule has 168 valence electrons. The molecule has 21 heteroatoms. The number of hydrogen-bond acceptors (Lipinski definition) is 11. The molecule has 1 fully saturated rings. The van der Waals surface area contributed by atoms with Crippen molar-refractivity contribution >= 4 is 87.9 Å². The van der Waals surface area contributed by atoms with Crippen molar-refractivity contribution in [3.8, 4) is 0 Å². The summed E-state index contributed by atoms with van der Waals surface area (Å²) in [4.78, 5) is 51.3. The molecule has 1 aromatic rings. The zero-order valence-corrected chi connectivity index (χ0v) is 22.9. The van der Waals surface area contributed by atoms with Gasteiger partial charge in [0.2, 0.25) is 0 Å². The molecule has 0 saturated carbocycles. The molecule has 8 N–H and O–H groups in total. The average molecular weight is 527 g/mol. The van der Waals surface area contributed by atoms with Crippen molar-refractivity contribution in [3.63, 3.8) is 0 Å². The Hall–Kier alpha value is 1.01. The van der Waals surface area contributed by atoms with E-state index >= 15 is 0 Å². The number of anilines is 1. The third-order valence-electron chi connectivity index (χ3n) is 3.46. The van der Waals surface area contributed by atoms with Crippen LogP contribution in [0.5, 0.6) is 0 Å². The number of aliphatic hydroxyl groups excluding tert-OH is 2. The van der Waals surface area contributed by atoms with Crippen LogP contribution in [-0.4, -0.2) is 129 Å². The van der Waals surface area contributed by atoms with Crippen LogP contribution >= 0.6 is 23.0 Å². The number of hydrogen-bond donors (Lipinski definition) is 7. The van der Waals surface area contributed by atoms with E-state index in [1.807, 2.05) is 0 Å². The van der Waals surface area contributed by atoms with Crippen LogP contribution in [0.25, 0.3) is 0 Å². The number of aliphatic hydroxyl groups is 2. The first-order valence-corrected chi connectivity index (χ1v) is 12.6. The maximum absolute atomic E-state index is 11.8. The Labute approximate surface area is 218 Å². The van der Waals surface area contributed by atoms with Crippen molar-refractivity contribution in [1.82, 2.24) is 9.55 Å². The molecule has 2 rings (SSSR count). The van der Waals surface area contributed by atoms with Gasteiger partial charge in [0.1, 0.15) is 24.1 Å². The van der Waals surface area contributed by atoms with Crippen LogP contribution in [-0.2, 0) is 27.3 Å². The normalized spacial score (nSPS) is 27.4. The van der Waals surface area contributed by atoms with Gasteiger partial charge in [0.05, 0.1) is 6.61 Å². The van der Waals surface area contributed by atoms with Crippen molar-refractivity contribution in [1.29, 1.82) is 0 Å². The van der Waals surface area contributed by atoms with E-state index in [9.17, 15) is 38.5 Å². The molecule has 6 atom stereocenters. The molecule has 2 radical (unpaired) electrons. The van der Waals surface area contributed by atoms with Crippen molar-refractivity contribution in [2.75, 3.05) is 18.2 Å². The summed E-state index contributed by atoms with van der Waals surface area (Å²) in [5, 5.41) is 20.0. The molecule has 0 bridgehead atoms. The molecular weight excluding hydrogens is 509 g/mol. The molecule has 0 aliphatic carbocycles. The standard InChI is InChI=1S/C10H18N3O13P3.2Na/c11-6-1-2-13(10(16)12-6)9-8(15)7(14)5(25-9)3-24-29(22,23)26-28(20,21)4-27(17,18)19;;/h1-2,5,7-9,14-15H,3-4H2,(H,20,21)(H,22,23)(H2,11,12,16)(H2,17,18,19);;/t5-,7+,8?,9-;;/m0../s1. The molecule has 0 aromatic carbocycles. The van der Waals surface area contributed by atoms with Gasteiger partial charge in [-0.2, -0.15) is 4.98 Å². The summed E-state index contributed by atoms with van der Waals surface area (Å²) in [6.45, 7) is -0.963. The number of aromatic nitrogens is 2. The van der Waals surface area contributed by atoms with Gasteiger partial charge in [0.25, 0.3) is 0 Å². The zero-order valence-electron chi connectivity index (χ0n) is 16.2. The van der Waals surface area contributed by atoms with Crippen molar-refractivity contribution in [3.05, 3.63) is 22.7 Å². The van der Waals surface area contributed by atoms with E-state index < -0.39 is 65.8 Å². The first-order valence-electron chi connectivity index (χ1n) is 7.51. The summed E-state index contributed by atoms with van der Waals surface area (Å²) in [5.74, 6) is -1.84.